The summed E-state index contributed by atoms with van der Waals surface area (Å²) in [4.78, 5) is 8.80. The van der Waals surface area contributed by atoms with Crippen LogP contribution >= 0.6 is 17.1 Å². The summed E-state index contributed by atoms with van der Waals surface area (Å²) in [5, 5.41) is 0. The maximum absolute atomic E-state index is 8.80. The molecule has 0 aromatic heterocycles. The van der Waals surface area contributed by atoms with Gasteiger partial charge in [-0.3, -0.25) is 0 Å². The zero-order valence-electron chi connectivity index (χ0n) is 4.83. The van der Waals surface area contributed by atoms with Crippen LogP contribution < -0.4 is 0 Å². The monoisotopic (exact) mass is 425 g/mol. The average molecular weight is 425 g/mol. The van der Waals surface area contributed by atoms with Gasteiger partial charge in [0.15, 0.2) is 0 Å². The van der Waals surface area contributed by atoms with Crippen molar-refractivity contribution >= 4 is 28.9 Å². The second kappa shape index (κ2) is 3.87. The molecule has 0 aliphatic rings. The van der Waals surface area contributed by atoms with Crippen molar-refractivity contribution < 1.29 is 9.42 Å². The molecule has 1 atom stereocenters. The van der Waals surface area contributed by atoms with Crippen LogP contribution in [0.15, 0.2) is 0 Å². The van der Waals surface area contributed by atoms with Crippen molar-refractivity contribution in [2.24, 2.45) is 0 Å². The molecule has 8 heavy (non-hydrogen) atoms. The Balaban J connectivity index is 0. The van der Waals surface area contributed by atoms with E-state index in [1.165, 1.54) is 18.5 Å². The average Bonchev–Trinajstić information content (AvgIpc) is 1.68. The van der Waals surface area contributed by atoms with E-state index in [1.807, 2.05) is 0 Å². The molecule has 0 aliphatic carbocycles. The second-order valence-electron chi connectivity index (χ2n) is 0.834. The molecule has 0 bridgehead atoms. The molecule has 1 N–H and O–H groups in total. The van der Waals surface area contributed by atoms with Gasteiger partial charge in [-0.25, -0.2) is 0 Å². The molecule has 0 amide bonds. The van der Waals surface area contributed by atoms with Gasteiger partial charge >= 0.3 is 0 Å². The summed E-state index contributed by atoms with van der Waals surface area (Å²) in [7, 11) is 1.41. The third-order valence-electron chi connectivity index (χ3n) is 0.461. The van der Waals surface area contributed by atoms with Crippen molar-refractivity contribution in [3.63, 3.8) is 0 Å². The van der Waals surface area contributed by atoms with Gasteiger partial charge in [-0.05, 0) is 18.1 Å². The van der Waals surface area contributed by atoms with Crippen LogP contribution in [0.4, 0.5) is 0 Å². The Bertz CT molecular complexity index is 90.0. The van der Waals surface area contributed by atoms with E-state index in [0.29, 0.717) is 0 Å². The molecule has 0 saturated heterocycles. The molecule has 0 radical (unpaired) electrons. The largest absolute Gasteiger partial charge is 0.337 e. The van der Waals surface area contributed by atoms with Crippen LogP contribution in [0.1, 0.15) is 0 Å². The number of hydrogen-bond acceptors (Lipinski definition) is 3. The molecule has 0 aromatic rings. The summed E-state index contributed by atoms with van der Waals surface area (Å²) in [6.45, 7) is 0. The molecule has 1 unspecified atom stereocenters. The Kier molecular flexibility index (Phi) is 5.23. The zero-order valence-corrected chi connectivity index (χ0v) is 13.8. The smallest absolute Gasteiger partial charge is 0.244 e. The SMILES string of the molecule is COP(O)(=S)SC.[Rf]. The fraction of sp³-hybridized carbons (Fsp3) is 1.00. The van der Waals surface area contributed by atoms with Crippen LogP contribution in [0.3, 0.4) is 0 Å². The first-order valence-electron chi connectivity index (χ1n) is 1.56. The van der Waals surface area contributed by atoms with E-state index >= 15 is 0 Å². The van der Waals surface area contributed by atoms with Crippen molar-refractivity contribution in [2.75, 3.05) is 13.4 Å². The molecule has 0 rings (SSSR count). The van der Waals surface area contributed by atoms with E-state index in [0.717, 1.165) is 0 Å². The van der Waals surface area contributed by atoms with Crippen molar-refractivity contribution in [1.29, 1.82) is 0 Å². The quantitative estimate of drug-likeness (QED) is 0.675. The summed E-state index contributed by atoms with van der Waals surface area (Å²) in [6.07, 6.45) is 1.73. The van der Waals surface area contributed by atoms with Gasteiger partial charge in [-0.1, -0.05) is 11.4 Å². The van der Waals surface area contributed by atoms with Crippen molar-refractivity contribution in [3.8, 4) is 0 Å². The first-order chi connectivity index (χ1) is 3.12. The zero-order chi connectivity index (χ0) is 5.91. The molecule has 0 aliphatic heterocycles. The third-order valence-corrected chi connectivity index (χ3v) is 5.00. The standard InChI is InChI=1S/C2H7O2PS2.Rf/c1-4-5(3,6)7-2;/h1-2H3,(H,3,6);. The van der Waals surface area contributed by atoms with Crippen molar-refractivity contribution in [1.82, 2.24) is 0 Å². The summed E-state index contributed by atoms with van der Waals surface area (Å²) in [5.74, 6) is 0. The second-order valence-corrected chi connectivity index (χ2v) is 7.26. The number of hydrogen-bond donors (Lipinski definition) is 1. The van der Waals surface area contributed by atoms with Gasteiger partial charge in [0, 0.05) is 7.11 Å². The minimum Gasteiger partial charge on any atom is -0.337 e. The molecule has 2 nitrogen and oxygen atoms in total. The Morgan fingerprint density at radius 2 is 2.12 bits per heavy atom. The summed E-state index contributed by atoms with van der Waals surface area (Å²) < 4.78 is 4.53. The van der Waals surface area contributed by atoms with E-state index in [1.54, 1.807) is 6.26 Å². The van der Waals surface area contributed by atoms with Gasteiger partial charge < -0.3 is 9.42 Å². The minimum absolute atomic E-state index is 0. The fourth-order valence-corrected chi connectivity index (χ4v) is 0.671. The van der Waals surface area contributed by atoms with Crippen LogP contribution in [0, 0.1) is 0 Å². The Hall–Kier alpha value is -0.0800. The molecule has 46 valence electrons. The van der Waals surface area contributed by atoms with Crippen LogP contribution in [-0.4, -0.2) is 18.3 Å². The van der Waals surface area contributed by atoms with E-state index in [4.69, 9.17) is 4.89 Å². The van der Waals surface area contributed by atoms with Crippen LogP contribution in [0.5, 0.6) is 0 Å². The van der Waals surface area contributed by atoms with Gasteiger partial charge in [0.2, 0.25) is 5.69 Å². The van der Waals surface area contributed by atoms with E-state index in [9.17, 15) is 0 Å². The molecular formula is C2H7O2PRfS2. The Morgan fingerprint density at radius 1 is 1.75 bits per heavy atom. The van der Waals surface area contributed by atoms with Crippen LogP contribution in [0.25, 0.3) is 0 Å². The molecule has 0 fully saturated rings. The summed E-state index contributed by atoms with van der Waals surface area (Å²) in [6, 6.07) is 0. The topological polar surface area (TPSA) is 29.5 Å². The van der Waals surface area contributed by atoms with Gasteiger partial charge in [0.05, 0.1) is 0 Å². The molecule has 6 heteroatoms. The van der Waals surface area contributed by atoms with E-state index in [2.05, 4.69) is 16.3 Å². The molecular weight excluding hydrogens is 418 g/mol. The van der Waals surface area contributed by atoms with Gasteiger partial charge in [0.1, 0.15) is 0 Å². The fourth-order valence-electron chi connectivity index (χ4n) is 0.0745. The number of rotatable bonds is 2. The maximum Gasteiger partial charge on any atom is 0.244 e. The van der Waals surface area contributed by atoms with Gasteiger partial charge in [-0.15, -0.1) is 0 Å². The first kappa shape index (κ1) is 10.8. The van der Waals surface area contributed by atoms with Crippen LogP contribution in [0.2, 0.25) is 0 Å². The Labute approximate surface area is 52.2 Å². The van der Waals surface area contributed by atoms with Crippen LogP contribution in [-0.2, 0) is 16.3 Å². The normalized spacial score (nSPS) is 16.4. The maximum atomic E-state index is 8.80. The Morgan fingerprint density at radius 3 is 2.12 bits per heavy atom. The van der Waals surface area contributed by atoms with Gasteiger partial charge in [-0.2, -0.15) is 0 Å². The van der Waals surface area contributed by atoms with E-state index < -0.39 is 5.69 Å². The molecule has 0 saturated carbocycles. The first-order valence-corrected chi connectivity index (χ1v) is 6.07. The molecule has 0 aromatic carbocycles. The predicted octanol–water partition coefficient (Wildman–Crippen LogP) is 1.21. The molecule has 0 spiro atoms. The van der Waals surface area contributed by atoms with Crippen molar-refractivity contribution in [3.05, 3.63) is 0 Å². The molecule has 0 heterocycles. The minimum atomic E-state index is -2.40. The van der Waals surface area contributed by atoms with Gasteiger partial charge in [0.25, 0.3) is 0 Å². The van der Waals surface area contributed by atoms with Crippen molar-refractivity contribution in [2.45, 2.75) is 0 Å². The predicted molar refractivity (Wildman–Crippen MR) is 37.0 cm³/mol. The van der Waals surface area contributed by atoms with E-state index in [-0.39, 0.29) is 0 Å². The third kappa shape index (κ3) is 4.09. The summed E-state index contributed by atoms with van der Waals surface area (Å²) in [5.41, 5.74) is -2.40. The summed E-state index contributed by atoms with van der Waals surface area (Å²) >= 11 is 5.74.